The number of carboxylic acids is 1. The number of rotatable bonds is 5. The average molecular weight is 329 g/mol. The highest BCUT2D eigenvalue weighted by atomic mass is 16.5. The van der Waals surface area contributed by atoms with Crippen LogP contribution in [0.3, 0.4) is 0 Å². The van der Waals surface area contributed by atoms with Crippen LogP contribution in [0.25, 0.3) is 11.4 Å². The Morgan fingerprint density at radius 3 is 2.79 bits per heavy atom. The molecule has 0 saturated carbocycles. The Bertz CT molecular complexity index is 731. The molecule has 0 amide bonds. The lowest BCUT2D eigenvalue weighted by molar-refractivity contribution is -0.134. The predicted molar refractivity (Wildman–Crippen MR) is 89.2 cm³/mol. The Labute approximate surface area is 139 Å². The number of carboxylic acid groups (broad SMARTS) is 1. The van der Waals surface area contributed by atoms with E-state index in [4.69, 9.17) is 9.84 Å². The lowest BCUT2D eigenvalue weighted by atomic mass is 10.1. The maximum Gasteiger partial charge on any atom is 0.322 e. The summed E-state index contributed by atoms with van der Waals surface area (Å²) in [6.45, 7) is 4.36. The summed E-state index contributed by atoms with van der Waals surface area (Å²) >= 11 is 0. The topological polar surface area (TPSA) is 100 Å². The van der Waals surface area contributed by atoms with Crippen molar-refractivity contribution >= 4 is 17.9 Å². The van der Waals surface area contributed by atoms with E-state index < -0.39 is 5.97 Å². The summed E-state index contributed by atoms with van der Waals surface area (Å²) in [5, 5.41) is 11.6. The minimum absolute atomic E-state index is 0.250. The highest BCUT2D eigenvalue weighted by Crippen LogP contribution is 2.21. The number of morpholine rings is 1. The van der Waals surface area contributed by atoms with E-state index in [1.54, 1.807) is 0 Å². The molecule has 1 aliphatic heterocycles. The van der Waals surface area contributed by atoms with Gasteiger partial charge in [-0.25, -0.2) is 0 Å². The molecule has 1 saturated heterocycles. The minimum Gasteiger partial charge on any atom is -0.480 e. The average Bonchev–Trinajstić information content (AvgIpc) is 2.60. The van der Waals surface area contributed by atoms with Gasteiger partial charge in [-0.3, -0.25) is 4.79 Å². The van der Waals surface area contributed by atoms with Crippen LogP contribution in [0.4, 0.5) is 11.9 Å². The lowest BCUT2D eigenvalue weighted by Crippen LogP contribution is -2.37. The van der Waals surface area contributed by atoms with Gasteiger partial charge in [0, 0.05) is 18.7 Å². The molecule has 1 aliphatic rings. The van der Waals surface area contributed by atoms with Crippen LogP contribution in [0.2, 0.25) is 0 Å². The maximum atomic E-state index is 10.8. The molecule has 24 heavy (non-hydrogen) atoms. The first-order valence-corrected chi connectivity index (χ1v) is 7.73. The molecule has 8 heteroatoms. The molecule has 1 aromatic carbocycles. The first-order chi connectivity index (χ1) is 11.6. The van der Waals surface area contributed by atoms with Crippen molar-refractivity contribution in [1.29, 1.82) is 0 Å². The van der Waals surface area contributed by atoms with E-state index >= 15 is 0 Å². The zero-order valence-corrected chi connectivity index (χ0v) is 13.4. The maximum absolute atomic E-state index is 10.8. The molecule has 0 unspecified atom stereocenters. The Kier molecular flexibility index (Phi) is 4.85. The smallest absolute Gasteiger partial charge is 0.322 e. The van der Waals surface area contributed by atoms with Crippen molar-refractivity contribution in [2.24, 2.45) is 0 Å². The fourth-order valence-electron chi connectivity index (χ4n) is 2.42. The van der Waals surface area contributed by atoms with Gasteiger partial charge < -0.3 is 20.1 Å². The molecule has 126 valence electrons. The SMILES string of the molecule is Cc1cccc(-c2nc(NCC(=O)O)nc(N3CCOCC3)n2)c1. The number of aryl methyl sites for hydroxylation is 1. The van der Waals surface area contributed by atoms with E-state index in [2.05, 4.69) is 20.3 Å². The third kappa shape index (κ3) is 3.96. The van der Waals surface area contributed by atoms with Crippen LogP contribution in [0, 0.1) is 6.92 Å². The Hall–Kier alpha value is -2.74. The third-order valence-electron chi connectivity index (χ3n) is 3.59. The van der Waals surface area contributed by atoms with Gasteiger partial charge in [-0.1, -0.05) is 23.8 Å². The summed E-state index contributed by atoms with van der Waals surface area (Å²) in [5.74, 6) is 0.326. The summed E-state index contributed by atoms with van der Waals surface area (Å²) < 4.78 is 5.35. The van der Waals surface area contributed by atoms with Crippen molar-refractivity contribution in [1.82, 2.24) is 15.0 Å². The summed E-state index contributed by atoms with van der Waals surface area (Å²) in [6, 6.07) is 7.84. The number of nitrogens with one attached hydrogen (secondary N) is 1. The zero-order chi connectivity index (χ0) is 16.9. The van der Waals surface area contributed by atoms with Crippen molar-refractivity contribution in [3.63, 3.8) is 0 Å². The van der Waals surface area contributed by atoms with Crippen LogP contribution < -0.4 is 10.2 Å². The third-order valence-corrected chi connectivity index (χ3v) is 3.59. The molecule has 2 N–H and O–H groups in total. The van der Waals surface area contributed by atoms with E-state index in [1.165, 1.54) is 0 Å². The molecule has 0 radical (unpaired) electrons. The van der Waals surface area contributed by atoms with Crippen molar-refractivity contribution in [3.05, 3.63) is 29.8 Å². The van der Waals surface area contributed by atoms with E-state index in [0.29, 0.717) is 38.1 Å². The van der Waals surface area contributed by atoms with Gasteiger partial charge in [0.2, 0.25) is 11.9 Å². The van der Waals surface area contributed by atoms with Crippen LogP contribution in [0.15, 0.2) is 24.3 Å². The zero-order valence-electron chi connectivity index (χ0n) is 13.4. The number of benzene rings is 1. The van der Waals surface area contributed by atoms with Gasteiger partial charge in [-0.05, 0) is 13.0 Å². The van der Waals surface area contributed by atoms with Crippen molar-refractivity contribution in [3.8, 4) is 11.4 Å². The predicted octanol–water partition coefficient (Wildman–Crippen LogP) is 1.18. The molecular formula is C16H19N5O3. The molecule has 3 rings (SSSR count). The number of carbonyl (C=O) groups is 1. The highest BCUT2D eigenvalue weighted by Gasteiger charge is 2.17. The molecule has 2 heterocycles. The van der Waals surface area contributed by atoms with Gasteiger partial charge in [0.15, 0.2) is 5.82 Å². The summed E-state index contributed by atoms with van der Waals surface area (Å²) in [4.78, 5) is 26.1. The van der Waals surface area contributed by atoms with Gasteiger partial charge in [0.25, 0.3) is 0 Å². The van der Waals surface area contributed by atoms with Crippen molar-refractivity contribution < 1.29 is 14.6 Å². The fourth-order valence-corrected chi connectivity index (χ4v) is 2.42. The first kappa shape index (κ1) is 16.1. The number of ether oxygens (including phenoxy) is 1. The van der Waals surface area contributed by atoms with Crippen LogP contribution >= 0.6 is 0 Å². The van der Waals surface area contributed by atoms with Crippen molar-refractivity contribution in [2.45, 2.75) is 6.92 Å². The molecule has 0 bridgehead atoms. The standard InChI is InChI=1S/C16H19N5O3/c1-11-3-2-4-12(9-11)14-18-15(17-10-13(22)23)20-16(19-14)21-5-7-24-8-6-21/h2-4,9H,5-8,10H2,1H3,(H,22,23)(H,17,18,19,20). The van der Waals surface area contributed by atoms with Crippen LogP contribution in [0.1, 0.15) is 5.56 Å². The number of hydrogen-bond donors (Lipinski definition) is 2. The van der Waals surface area contributed by atoms with Crippen molar-refractivity contribution in [2.75, 3.05) is 43.1 Å². The van der Waals surface area contributed by atoms with E-state index in [0.717, 1.165) is 11.1 Å². The summed E-state index contributed by atoms with van der Waals surface area (Å²) in [7, 11) is 0. The normalized spacial score (nSPS) is 14.5. The van der Waals surface area contributed by atoms with Crippen LogP contribution in [-0.4, -0.2) is 58.9 Å². The fraction of sp³-hybridized carbons (Fsp3) is 0.375. The van der Waals surface area contributed by atoms with E-state index in [-0.39, 0.29) is 12.5 Å². The van der Waals surface area contributed by atoms with Gasteiger partial charge in [-0.2, -0.15) is 15.0 Å². The molecule has 0 spiro atoms. The van der Waals surface area contributed by atoms with E-state index in [1.807, 2.05) is 36.1 Å². The molecule has 0 atom stereocenters. The molecule has 8 nitrogen and oxygen atoms in total. The number of nitrogens with zero attached hydrogens (tertiary/aromatic N) is 4. The number of hydrogen-bond acceptors (Lipinski definition) is 7. The molecule has 1 aromatic heterocycles. The Balaban J connectivity index is 1.96. The van der Waals surface area contributed by atoms with Gasteiger partial charge in [0.05, 0.1) is 13.2 Å². The number of anilines is 2. The second-order valence-corrected chi connectivity index (χ2v) is 5.50. The minimum atomic E-state index is -0.972. The number of aliphatic carboxylic acids is 1. The monoisotopic (exact) mass is 329 g/mol. The number of aromatic nitrogens is 3. The van der Waals surface area contributed by atoms with Crippen LogP contribution in [0.5, 0.6) is 0 Å². The quantitative estimate of drug-likeness (QED) is 0.843. The lowest BCUT2D eigenvalue weighted by Gasteiger charge is -2.27. The largest absolute Gasteiger partial charge is 0.480 e. The molecule has 1 fully saturated rings. The van der Waals surface area contributed by atoms with Gasteiger partial charge >= 0.3 is 5.97 Å². The molecular weight excluding hydrogens is 310 g/mol. The summed E-state index contributed by atoms with van der Waals surface area (Å²) in [6.07, 6.45) is 0. The van der Waals surface area contributed by atoms with Gasteiger partial charge in [-0.15, -0.1) is 0 Å². The second-order valence-electron chi connectivity index (χ2n) is 5.50. The molecule has 0 aliphatic carbocycles. The Morgan fingerprint density at radius 2 is 2.08 bits per heavy atom. The summed E-state index contributed by atoms with van der Waals surface area (Å²) in [5.41, 5.74) is 1.96. The van der Waals surface area contributed by atoms with Crippen LogP contribution in [-0.2, 0) is 9.53 Å². The highest BCUT2D eigenvalue weighted by molar-refractivity contribution is 5.72. The first-order valence-electron chi connectivity index (χ1n) is 7.73. The molecule has 2 aromatic rings. The second kappa shape index (κ2) is 7.22. The van der Waals surface area contributed by atoms with E-state index in [9.17, 15) is 4.79 Å². The Morgan fingerprint density at radius 1 is 1.29 bits per heavy atom. The van der Waals surface area contributed by atoms with Gasteiger partial charge in [0.1, 0.15) is 6.54 Å².